The van der Waals surface area contributed by atoms with Gasteiger partial charge in [0.25, 0.3) is 0 Å². The van der Waals surface area contributed by atoms with Crippen LogP contribution in [0.3, 0.4) is 0 Å². The fraction of sp³-hybridized carbons (Fsp3) is 0.562. The van der Waals surface area contributed by atoms with Gasteiger partial charge in [-0.25, -0.2) is 8.42 Å². The molecule has 6 nitrogen and oxygen atoms in total. The van der Waals surface area contributed by atoms with Crippen LogP contribution in [0.15, 0.2) is 29.2 Å². The van der Waals surface area contributed by atoms with E-state index in [1.54, 1.807) is 47.5 Å². The van der Waals surface area contributed by atoms with Gasteiger partial charge in [-0.05, 0) is 43.0 Å². The van der Waals surface area contributed by atoms with E-state index in [9.17, 15) is 13.2 Å². The van der Waals surface area contributed by atoms with E-state index in [1.165, 1.54) is 0 Å². The molecule has 3 aliphatic heterocycles. The Labute approximate surface area is 137 Å². The van der Waals surface area contributed by atoms with Gasteiger partial charge in [-0.1, -0.05) is 0 Å². The summed E-state index contributed by atoms with van der Waals surface area (Å²) in [4.78, 5) is 13.8. The number of rotatable bonds is 3. The molecule has 1 aromatic rings. The van der Waals surface area contributed by atoms with Crippen molar-refractivity contribution in [2.75, 3.05) is 26.7 Å². The minimum absolute atomic E-state index is 0.0191. The van der Waals surface area contributed by atoms with Crippen molar-refractivity contribution >= 4 is 15.9 Å². The Balaban J connectivity index is 1.89. The van der Waals surface area contributed by atoms with Gasteiger partial charge in [0.1, 0.15) is 5.75 Å². The Bertz CT molecular complexity index is 687. The lowest BCUT2D eigenvalue weighted by molar-refractivity contribution is -0.129. The minimum atomic E-state index is -3.55. The molecule has 3 heterocycles. The molecule has 0 N–H and O–H groups in total. The molecular formula is C16H22N2O4S. The van der Waals surface area contributed by atoms with Crippen LogP contribution < -0.4 is 4.74 Å². The molecule has 3 saturated heterocycles. The minimum Gasteiger partial charge on any atom is -0.497 e. The summed E-state index contributed by atoms with van der Waals surface area (Å²) >= 11 is 0. The topological polar surface area (TPSA) is 66.9 Å². The summed E-state index contributed by atoms with van der Waals surface area (Å²) in [5, 5.41) is 0. The third-order valence-electron chi connectivity index (χ3n) is 4.77. The first-order valence-corrected chi connectivity index (χ1v) is 9.27. The predicted octanol–water partition coefficient (Wildman–Crippen LogP) is 1.33. The van der Waals surface area contributed by atoms with Crippen molar-refractivity contribution in [3.63, 3.8) is 0 Å². The molecule has 0 spiro atoms. The van der Waals surface area contributed by atoms with Crippen molar-refractivity contribution < 1.29 is 17.9 Å². The van der Waals surface area contributed by atoms with Crippen molar-refractivity contribution in [3.05, 3.63) is 24.3 Å². The SMILES string of the molecule is COc1ccc(S(=O)(=O)N2C[C@@H]3CC[C@H]2CN(C(C)=O)C3)cc1. The molecular weight excluding hydrogens is 316 g/mol. The lowest BCUT2D eigenvalue weighted by atomic mass is 9.97. The summed E-state index contributed by atoms with van der Waals surface area (Å²) in [5.41, 5.74) is 0. The molecule has 23 heavy (non-hydrogen) atoms. The van der Waals surface area contributed by atoms with E-state index in [1.807, 2.05) is 0 Å². The number of hydrogen-bond acceptors (Lipinski definition) is 4. The van der Waals surface area contributed by atoms with E-state index in [2.05, 4.69) is 0 Å². The molecule has 3 fully saturated rings. The van der Waals surface area contributed by atoms with E-state index in [4.69, 9.17) is 4.74 Å². The van der Waals surface area contributed by atoms with Gasteiger partial charge >= 0.3 is 0 Å². The first-order chi connectivity index (χ1) is 10.9. The largest absolute Gasteiger partial charge is 0.497 e. The number of ether oxygens (including phenoxy) is 1. The lowest BCUT2D eigenvalue weighted by Crippen LogP contribution is -2.47. The highest BCUT2D eigenvalue weighted by Crippen LogP contribution is 2.32. The van der Waals surface area contributed by atoms with Gasteiger partial charge in [0.15, 0.2) is 0 Å². The molecule has 3 aliphatic rings. The number of nitrogens with zero attached hydrogens (tertiary/aromatic N) is 2. The first-order valence-electron chi connectivity index (χ1n) is 7.83. The van der Waals surface area contributed by atoms with E-state index in [-0.39, 0.29) is 22.8 Å². The number of hydrogen-bond donors (Lipinski definition) is 0. The van der Waals surface area contributed by atoms with Crippen LogP contribution in [0.5, 0.6) is 5.75 Å². The predicted molar refractivity (Wildman–Crippen MR) is 85.7 cm³/mol. The number of piperidine rings is 1. The Morgan fingerprint density at radius 2 is 1.83 bits per heavy atom. The van der Waals surface area contributed by atoms with E-state index >= 15 is 0 Å². The van der Waals surface area contributed by atoms with Crippen molar-refractivity contribution in [1.29, 1.82) is 0 Å². The van der Waals surface area contributed by atoms with Crippen LogP contribution in [-0.2, 0) is 14.8 Å². The third-order valence-corrected chi connectivity index (χ3v) is 6.71. The fourth-order valence-corrected chi connectivity index (χ4v) is 5.20. The van der Waals surface area contributed by atoms with Crippen LogP contribution in [0.2, 0.25) is 0 Å². The van der Waals surface area contributed by atoms with Crippen LogP contribution in [0, 0.1) is 5.92 Å². The van der Waals surface area contributed by atoms with Crippen LogP contribution in [-0.4, -0.2) is 56.3 Å². The Morgan fingerprint density at radius 3 is 2.43 bits per heavy atom. The van der Waals surface area contributed by atoms with Gasteiger partial charge in [-0.3, -0.25) is 4.79 Å². The smallest absolute Gasteiger partial charge is 0.243 e. The number of carbonyl (C=O) groups excluding carboxylic acids is 1. The quantitative estimate of drug-likeness (QED) is 0.834. The van der Waals surface area contributed by atoms with E-state index < -0.39 is 10.0 Å². The Morgan fingerprint density at radius 1 is 1.13 bits per heavy atom. The average Bonchev–Trinajstić information content (AvgIpc) is 2.87. The Kier molecular flexibility index (Phi) is 4.33. The number of methoxy groups -OCH3 is 1. The molecule has 2 atom stereocenters. The number of carbonyl (C=O) groups is 1. The van der Waals surface area contributed by atoms with Gasteiger partial charge in [-0.15, -0.1) is 0 Å². The zero-order valence-corrected chi connectivity index (χ0v) is 14.3. The van der Waals surface area contributed by atoms with Crippen LogP contribution in [0.25, 0.3) is 0 Å². The molecule has 0 radical (unpaired) electrons. The zero-order valence-electron chi connectivity index (χ0n) is 13.4. The summed E-state index contributed by atoms with van der Waals surface area (Å²) in [6.45, 7) is 3.18. The van der Waals surface area contributed by atoms with Crippen molar-refractivity contribution in [2.45, 2.75) is 30.7 Å². The Hall–Kier alpha value is -1.60. The second kappa shape index (κ2) is 6.13. The van der Waals surface area contributed by atoms with E-state index in [0.29, 0.717) is 25.4 Å². The molecule has 4 rings (SSSR count). The summed E-state index contributed by atoms with van der Waals surface area (Å²) in [6.07, 6.45) is 1.78. The highest BCUT2D eigenvalue weighted by atomic mass is 32.2. The van der Waals surface area contributed by atoms with E-state index in [0.717, 1.165) is 12.8 Å². The van der Waals surface area contributed by atoms with Gasteiger partial charge in [0.2, 0.25) is 15.9 Å². The van der Waals surface area contributed by atoms with Crippen LogP contribution in [0.4, 0.5) is 0 Å². The molecule has 0 saturated carbocycles. The first kappa shape index (κ1) is 16.3. The lowest BCUT2D eigenvalue weighted by Gasteiger charge is -2.34. The second-order valence-corrected chi connectivity index (χ2v) is 8.16. The second-order valence-electron chi connectivity index (χ2n) is 6.27. The summed E-state index contributed by atoms with van der Waals surface area (Å²) < 4.78 is 32.6. The molecule has 2 bridgehead atoms. The maximum atomic E-state index is 13.0. The van der Waals surface area contributed by atoms with Crippen molar-refractivity contribution in [1.82, 2.24) is 9.21 Å². The van der Waals surface area contributed by atoms with Gasteiger partial charge in [-0.2, -0.15) is 4.31 Å². The highest BCUT2D eigenvalue weighted by Gasteiger charge is 2.41. The molecule has 126 valence electrons. The van der Waals surface area contributed by atoms with Crippen LogP contribution >= 0.6 is 0 Å². The maximum Gasteiger partial charge on any atom is 0.243 e. The molecule has 7 heteroatoms. The monoisotopic (exact) mass is 338 g/mol. The molecule has 0 aliphatic carbocycles. The number of fused-ring (bicyclic) bond motifs is 4. The summed E-state index contributed by atoms with van der Waals surface area (Å²) in [5.74, 6) is 0.861. The molecule has 0 unspecified atom stereocenters. The maximum absolute atomic E-state index is 13.0. The fourth-order valence-electron chi connectivity index (χ4n) is 3.47. The number of benzene rings is 1. The number of amides is 1. The third kappa shape index (κ3) is 3.07. The molecule has 1 amide bonds. The molecule has 0 aromatic heterocycles. The highest BCUT2D eigenvalue weighted by molar-refractivity contribution is 7.89. The van der Waals surface area contributed by atoms with Crippen molar-refractivity contribution in [3.8, 4) is 5.75 Å². The molecule has 1 aromatic carbocycles. The van der Waals surface area contributed by atoms with Gasteiger partial charge in [0, 0.05) is 32.6 Å². The normalized spacial score (nSPS) is 25.2. The average molecular weight is 338 g/mol. The summed E-state index contributed by atoms with van der Waals surface area (Å²) in [6, 6.07) is 6.34. The summed E-state index contributed by atoms with van der Waals surface area (Å²) in [7, 11) is -2.00. The van der Waals surface area contributed by atoms with Gasteiger partial charge < -0.3 is 9.64 Å². The zero-order chi connectivity index (χ0) is 16.6. The van der Waals surface area contributed by atoms with Crippen molar-refractivity contribution in [2.24, 2.45) is 5.92 Å². The van der Waals surface area contributed by atoms with Crippen LogP contribution in [0.1, 0.15) is 19.8 Å². The standard InChI is InChI=1S/C16H22N2O4S/c1-12(19)17-9-13-3-4-14(11-17)18(10-13)23(20,21)16-7-5-15(22-2)6-8-16/h5-8,13-14H,3-4,9-11H2,1-2H3/t13-,14+/m1/s1. The van der Waals surface area contributed by atoms with Gasteiger partial charge in [0.05, 0.1) is 12.0 Å². The number of sulfonamides is 1.